The van der Waals surface area contributed by atoms with Gasteiger partial charge in [-0.05, 0) is 169 Å². The van der Waals surface area contributed by atoms with Gasteiger partial charge in [-0.2, -0.15) is 0 Å². The molecule has 0 heterocycles. The van der Waals surface area contributed by atoms with Crippen molar-refractivity contribution in [2.75, 3.05) is 39.3 Å². The molecule has 0 spiro atoms. The van der Waals surface area contributed by atoms with E-state index in [1.54, 1.807) is 12.1 Å². The number of carbonyl (C=O) groups excluding carboxylic acids is 6. The number of hydrogen-bond acceptors (Lipinski definition) is 11. The molecule has 18 heteroatoms. The van der Waals surface area contributed by atoms with Gasteiger partial charge in [0.15, 0.2) is 0 Å². The van der Waals surface area contributed by atoms with Crippen molar-refractivity contribution in [1.29, 1.82) is 0 Å². The van der Waals surface area contributed by atoms with Crippen molar-refractivity contribution >= 4 is 42.2 Å². The number of ether oxygens (including phenoxy) is 4. The molecule has 0 atom stereocenters. The van der Waals surface area contributed by atoms with Crippen molar-refractivity contribution < 1.29 is 57.6 Å². The summed E-state index contributed by atoms with van der Waals surface area (Å²) in [6.07, 6.45) is 4.71. The van der Waals surface area contributed by atoms with E-state index in [-0.39, 0.29) is 43.8 Å². The zero-order chi connectivity index (χ0) is 62.7. The third-order valence-electron chi connectivity index (χ3n) is 14.3. The van der Waals surface area contributed by atoms with Gasteiger partial charge in [-0.15, -0.1) is 0 Å². The molecule has 0 aliphatic heterocycles. The molecular weight excluding hydrogens is 1130 g/mol. The minimum absolute atomic E-state index is 0.149. The van der Waals surface area contributed by atoms with Crippen molar-refractivity contribution in [3.05, 3.63) is 248 Å². The molecule has 0 saturated heterocycles. The Labute approximate surface area is 520 Å². The molecule has 7 rings (SSSR count). The Hall–Kier alpha value is -9.97. The van der Waals surface area contributed by atoms with Crippen molar-refractivity contribution in [2.24, 2.45) is 0 Å². The van der Waals surface area contributed by atoms with Crippen LogP contribution in [0.4, 0.5) is 19.2 Å². The van der Waals surface area contributed by atoms with Gasteiger partial charge in [0, 0.05) is 50.4 Å². The molecule has 7 aromatic rings. The molecule has 0 radical (unpaired) electrons. The van der Waals surface area contributed by atoms with E-state index >= 15 is 0 Å². The summed E-state index contributed by atoms with van der Waals surface area (Å²) in [5.74, 6) is -1.59. The number of aromatic carboxylic acids is 1. The van der Waals surface area contributed by atoms with E-state index in [0.717, 1.165) is 55.6 Å². The van der Waals surface area contributed by atoms with E-state index in [1.807, 2.05) is 164 Å². The highest BCUT2D eigenvalue weighted by Gasteiger charge is 2.15. The fraction of sp³-hybridized carbons (Fsp3) is 0.310. The summed E-state index contributed by atoms with van der Waals surface area (Å²) < 4.78 is 21.4. The predicted molar refractivity (Wildman–Crippen MR) is 339 cm³/mol. The van der Waals surface area contributed by atoms with Crippen molar-refractivity contribution in [1.82, 2.24) is 31.9 Å². The molecule has 18 nitrogen and oxygen atoms in total. The molecule has 0 unspecified atom stereocenters. The molecule has 0 aliphatic carbocycles. The maximum absolute atomic E-state index is 13.7. The number of carbonyl (C=O) groups is 7. The zero-order valence-corrected chi connectivity index (χ0v) is 50.2. The number of alkyl carbamates (subject to hydrolysis) is 4. The molecule has 466 valence electrons. The van der Waals surface area contributed by atoms with Crippen LogP contribution in [0.2, 0.25) is 0 Å². The number of amides is 6. The van der Waals surface area contributed by atoms with Crippen LogP contribution in [0, 0.1) is 0 Å². The fourth-order valence-corrected chi connectivity index (χ4v) is 9.76. The van der Waals surface area contributed by atoms with E-state index in [9.17, 15) is 38.7 Å². The predicted octanol–water partition coefficient (Wildman–Crippen LogP) is 11.5. The van der Waals surface area contributed by atoms with Crippen LogP contribution in [-0.4, -0.2) is 86.5 Å². The van der Waals surface area contributed by atoms with Gasteiger partial charge in [-0.25, -0.2) is 24.0 Å². The van der Waals surface area contributed by atoms with Gasteiger partial charge in [0.2, 0.25) is 0 Å². The Balaban J connectivity index is 0.886. The Morgan fingerprint density at radius 1 is 0.270 bits per heavy atom. The zero-order valence-electron chi connectivity index (χ0n) is 50.2. The van der Waals surface area contributed by atoms with Crippen LogP contribution in [0.5, 0.6) is 0 Å². The highest BCUT2D eigenvalue weighted by atomic mass is 16.6. The van der Waals surface area contributed by atoms with Crippen LogP contribution in [0.3, 0.4) is 0 Å². The largest absolute Gasteiger partial charge is 0.478 e. The van der Waals surface area contributed by atoms with Gasteiger partial charge in [0.25, 0.3) is 11.8 Å². The minimum Gasteiger partial charge on any atom is -0.478 e. The molecule has 89 heavy (non-hydrogen) atoms. The maximum Gasteiger partial charge on any atom is 0.407 e. The summed E-state index contributed by atoms with van der Waals surface area (Å²) >= 11 is 0. The first-order valence-corrected chi connectivity index (χ1v) is 30.4. The van der Waals surface area contributed by atoms with Crippen LogP contribution in [0.15, 0.2) is 176 Å². The topological polar surface area (TPSA) is 249 Å². The lowest BCUT2D eigenvalue weighted by molar-refractivity contribution is 0.0695. The molecule has 7 aromatic carbocycles. The molecule has 0 fully saturated rings. The highest BCUT2D eigenvalue weighted by molar-refractivity contribution is 5.95. The third kappa shape index (κ3) is 25.9. The van der Waals surface area contributed by atoms with Gasteiger partial charge in [-0.3, -0.25) is 9.59 Å². The number of hydrogen-bond donors (Lipinski definition) is 7. The van der Waals surface area contributed by atoms with Crippen LogP contribution in [0.25, 0.3) is 0 Å². The first kappa shape index (κ1) is 66.6. The number of carboxylic acids is 1. The van der Waals surface area contributed by atoms with E-state index in [0.29, 0.717) is 127 Å². The van der Waals surface area contributed by atoms with Crippen molar-refractivity contribution in [2.45, 2.75) is 103 Å². The second-order valence-corrected chi connectivity index (χ2v) is 21.5. The number of aryl methyl sites for hydroxylation is 6. The fourth-order valence-electron chi connectivity index (χ4n) is 9.76. The Bertz CT molecular complexity index is 2990. The van der Waals surface area contributed by atoms with Gasteiger partial charge < -0.3 is 56.0 Å². The summed E-state index contributed by atoms with van der Waals surface area (Å²) in [5, 5.41) is 27.3. The van der Waals surface area contributed by atoms with Gasteiger partial charge in [0.1, 0.15) is 26.4 Å². The number of benzene rings is 7. The normalized spacial score (nSPS) is 10.7. The van der Waals surface area contributed by atoms with Crippen LogP contribution in [-0.2, 0) is 83.9 Å². The molecule has 0 aromatic heterocycles. The van der Waals surface area contributed by atoms with Crippen LogP contribution >= 0.6 is 0 Å². The number of nitrogens with one attached hydrogen (secondary N) is 6. The summed E-state index contributed by atoms with van der Waals surface area (Å²) in [7, 11) is 0. The quantitative estimate of drug-likeness (QED) is 0.0145. The molecular formula is C71H80N6O12. The Kier molecular flexibility index (Phi) is 28.1. The first-order chi connectivity index (χ1) is 43.4. The minimum atomic E-state index is -1.06. The Morgan fingerprint density at radius 3 is 0.708 bits per heavy atom. The maximum atomic E-state index is 13.7. The standard InChI is InChI=1S/C71H80N6O12/c78-65(62-42-56(29-15-35-74-68(82)86-48-52-19-5-1-6-20-52)39-57(43-62)30-16-36-75-69(83)87-49-53-21-7-2-8-22-53)72-33-13-27-60-41-61(47-64(46-60)67(80)81)28-14-34-73-66(79)63-44-58(31-17-37-76-70(84)88-50-54-23-9-3-10-24-54)40-59(45-63)32-18-38-77-71(85)89-51-55-25-11-4-12-26-55/h1-12,19-26,39-47H,13-18,27-38,48-51H2,(H,72,78)(H,73,79)(H,74,82)(H,75,83)(H,76,84)(H,77,85)(H,80,81). The second-order valence-electron chi connectivity index (χ2n) is 21.5. The smallest absolute Gasteiger partial charge is 0.407 e. The average Bonchev–Trinajstić information content (AvgIpc) is 3.58. The van der Waals surface area contributed by atoms with E-state index in [1.165, 1.54) is 0 Å². The lowest BCUT2D eigenvalue weighted by atomic mass is 9.98. The van der Waals surface area contributed by atoms with Crippen LogP contribution in [0.1, 0.15) is 125 Å². The summed E-state index contributed by atoms with van der Waals surface area (Å²) in [4.78, 5) is 89.4. The third-order valence-corrected chi connectivity index (χ3v) is 14.3. The molecule has 0 saturated carbocycles. The Morgan fingerprint density at radius 2 is 0.483 bits per heavy atom. The lowest BCUT2D eigenvalue weighted by Gasteiger charge is -2.13. The molecule has 7 N–H and O–H groups in total. The molecule has 0 aliphatic rings. The average molecular weight is 1210 g/mol. The van der Waals surface area contributed by atoms with E-state index < -0.39 is 30.3 Å². The van der Waals surface area contributed by atoms with Gasteiger partial charge in [0.05, 0.1) is 5.56 Å². The summed E-state index contributed by atoms with van der Waals surface area (Å²) in [6, 6.07) is 54.4. The van der Waals surface area contributed by atoms with E-state index in [2.05, 4.69) is 31.9 Å². The van der Waals surface area contributed by atoms with Gasteiger partial charge in [-0.1, -0.05) is 140 Å². The monoisotopic (exact) mass is 1210 g/mol. The molecule has 6 amide bonds. The highest BCUT2D eigenvalue weighted by Crippen LogP contribution is 2.19. The number of rotatable bonds is 35. The van der Waals surface area contributed by atoms with Gasteiger partial charge >= 0.3 is 30.3 Å². The van der Waals surface area contributed by atoms with Crippen molar-refractivity contribution in [3.63, 3.8) is 0 Å². The lowest BCUT2D eigenvalue weighted by Crippen LogP contribution is -2.26. The van der Waals surface area contributed by atoms with E-state index in [4.69, 9.17) is 18.9 Å². The van der Waals surface area contributed by atoms with Crippen LogP contribution < -0.4 is 31.9 Å². The summed E-state index contributed by atoms with van der Waals surface area (Å²) in [5.41, 5.74) is 9.91. The summed E-state index contributed by atoms with van der Waals surface area (Å²) in [6.45, 7) is 2.76. The SMILES string of the molecule is O=C(NCCCc1cc(CCCNC(=O)OCc2ccccc2)cc(C(=O)NCCCc2cc(CCCNC(=O)c3cc(CCCNC(=O)OCc4ccccc4)cc(CCCNC(=O)OCc4ccccc4)c3)cc(C(=O)O)c2)c1)OCc1ccccc1. The first-order valence-electron chi connectivity index (χ1n) is 30.4. The van der Waals surface area contributed by atoms with Crippen molar-refractivity contribution in [3.8, 4) is 0 Å². The number of carboxylic acid groups (broad SMARTS) is 1. The second kappa shape index (κ2) is 37.6. The molecule has 0 bridgehead atoms.